The van der Waals surface area contributed by atoms with Crippen molar-refractivity contribution in [1.29, 1.82) is 0 Å². The van der Waals surface area contributed by atoms with Gasteiger partial charge in [0.2, 0.25) is 18.0 Å². The minimum atomic E-state index is -2.34. The number of rotatable bonds is 12. The van der Waals surface area contributed by atoms with Crippen LogP contribution in [0.25, 0.3) is 0 Å². The Kier molecular flexibility index (Phi) is 11.9. The van der Waals surface area contributed by atoms with Crippen LogP contribution in [0.4, 0.5) is 0 Å². The summed E-state index contributed by atoms with van der Waals surface area (Å²) in [7, 11) is 0. The van der Waals surface area contributed by atoms with E-state index in [1.165, 1.54) is 0 Å². The Labute approximate surface area is 245 Å². The molecule has 1 heterocycles. The quantitative estimate of drug-likeness (QED) is 0.105. The summed E-state index contributed by atoms with van der Waals surface area (Å²) in [4.78, 5) is 62.5. The van der Waals surface area contributed by atoms with Crippen molar-refractivity contribution in [3.8, 4) is 12.3 Å². The highest BCUT2D eigenvalue weighted by atomic mass is 127. The number of terminal acetylenes is 1. The first kappa shape index (κ1) is 33.0. The zero-order valence-electron chi connectivity index (χ0n) is 22.7. The van der Waals surface area contributed by atoms with Gasteiger partial charge in [-0.2, -0.15) is 0 Å². The fraction of sp³-hybridized carbons (Fsp3) is 0.519. The van der Waals surface area contributed by atoms with Crippen LogP contribution in [0.5, 0.6) is 0 Å². The molecule has 4 atom stereocenters. The van der Waals surface area contributed by atoms with E-state index in [9.17, 15) is 24.0 Å². The first-order chi connectivity index (χ1) is 18.8. The number of hydrogen-bond acceptors (Lipinski definition) is 12. The highest BCUT2D eigenvalue weighted by Gasteiger charge is 2.64. The second-order valence-corrected chi connectivity index (χ2v) is 9.79. The van der Waals surface area contributed by atoms with E-state index in [1.54, 1.807) is 38.1 Å². The van der Waals surface area contributed by atoms with Gasteiger partial charge in [0.1, 0.15) is 6.10 Å². The molecule has 0 aromatic heterocycles. The van der Waals surface area contributed by atoms with Crippen LogP contribution in [0.3, 0.4) is 0 Å². The van der Waals surface area contributed by atoms with Gasteiger partial charge in [-0.1, -0.05) is 18.1 Å². The Morgan fingerprint density at radius 2 is 1.50 bits per heavy atom. The highest BCUT2D eigenvalue weighted by molar-refractivity contribution is 14.1. The molecule has 218 valence electrons. The summed E-state index contributed by atoms with van der Waals surface area (Å²) in [5.74, 6) is -2.36. The average molecular weight is 674 g/mol. The molecule has 1 saturated heterocycles. The van der Waals surface area contributed by atoms with E-state index in [0.29, 0.717) is 5.56 Å². The minimum Gasteiger partial charge on any atom is -0.463 e. The zero-order valence-corrected chi connectivity index (χ0v) is 24.9. The molecule has 1 aliphatic rings. The van der Waals surface area contributed by atoms with Gasteiger partial charge in [-0.25, -0.2) is 9.59 Å². The molecule has 0 saturated carbocycles. The van der Waals surface area contributed by atoms with E-state index in [1.807, 2.05) is 0 Å². The van der Waals surface area contributed by atoms with Crippen LogP contribution in [0.15, 0.2) is 24.3 Å². The van der Waals surface area contributed by atoms with Crippen LogP contribution in [-0.4, -0.2) is 79.4 Å². The molecule has 1 aromatic rings. The van der Waals surface area contributed by atoms with Crippen molar-refractivity contribution in [3.63, 3.8) is 0 Å². The third kappa shape index (κ3) is 7.70. The Balaban J connectivity index is 2.60. The fourth-order valence-electron chi connectivity index (χ4n) is 4.02. The molecule has 1 fully saturated rings. The van der Waals surface area contributed by atoms with Gasteiger partial charge in [-0.3, -0.25) is 14.4 Å². The molecule has 0 amide bonds. The normalized spacial score (nSPS) is 22.0. The van der Waals surface area contributed by atoms with Crippen molar-refractivity contribution >= 4 is 52.4 Å². The summed E-state index contributed by atoms with van der Waals surface area (Å²) in [5, 5.41) is 0. The lowest BCUT2D eigenvalue weighted by Gasteiger charge is -2.34. The highest BCUT2D eigenvalue weighted by Crippen LogP contribution is 2.39. The molecular formula is C27H31IO12. The Bertz CT molecular complexity index is 1120. The van der Waals surface area contributed by atoms with Gasteiger partial charge >= 0.3 is 29.8 Å². The fourth-order valence-corrected chi connectivity index (χ4v) is 4.38. The molecule has 1 aliphatic heterocycles. The number of ether oxygens (including phenoxy) is 7. The van der Waals surface area contributed by atoms with Gasteiger partial charge < -0.3 is 33.2 Å². The summed E-state index contributed by atoms with van der Waals surface area (Å²) < 4.78 is 38.9. The van der Waals surface area contributed by atoms with Gasteiger partial charge in [-0.15, -0.1) is 6.42 Å². The van der Waals surface area contributed by atoms with Crippen molar-refractivity contribution in [2.75, 3.05) is 19.8 Å². The summed E-state index contributed by atoms with van der Waals surface area (Å²) >= 11 is 2.10. The molecule has 0 spiro atoms. The molecule has 0 aliphatic carbocycles. The maximum atomic E-state index is 13.3. The topological polar surface area (TPSA) is 150 Å². The van der Waals surface area contributed by atoms with Gasteiger partial charge in [0.25, 0.3) is 5.60 Å². The second kappa shape index (κ2) is 14.4. The van der Waals surface area contributed by atoms with E-state index in [-0.39, 0.29) is 19.6 Å². The number of esters is 5. The lowest BCUT2D eigenvalue weighted by Crippen LogP contribution is -2.57. The smallest absolute Gasteiger partial charge is 0.350 e. The molecule has 0 N–H and O–H groups in total. The van der Waals surface area contributed by atoms with Gasteiger partial charge in [0.05, 0.1) is 19.8 Å². The summed E-state index contributed by atoms with van der Waals surface area (Å²) in [6, 6.07) is 6.94. The van der Waals surface area contributed by atoms with Crippen LogP contribution in [-0.2, 0) is 63.6 Å². The Morgan fingerprint density at radius 1 is 0.950 bits per heavy atom. The van der Waals surface area contributed by atoms with Gasteiger partial charge in [-0.05, 0) is 54.1 Å². The molecule has 0 radical (unpaired) electrons. The van der Waals surface area contributed by atoms with Gasteiger partial charge in [0.15, 0.2) is 0 Å². The minimum absolute atomic E-state index is 0.0826. The Hall–Kier alpha value is -3.22. The Morgan fingerprint density at radius 3 is 1.95 bits per heavy atom. The molecule has 13 heteroatoms. The molecule has 0 unspecified atom stereocenters. The second-order valence-electron chi connectivity index (χ2n) is 8.55. The largest absolute Gasteiger partial charge is 0.463 e. The SMILES string of the molecule is C#C[C@@]1(OC(C)=O)[C@@H](COC(Cc2ccc(I)cc2)(C(=O)OCC)C(=O)OCC)O[C@H](OC(C)=O)[C@@H]1OC(C)=O. The van der Waals surface area contributed by atoms with Crippen molar-refractivity contribution in [2.45, 2.75) is 70.7 Å². The van der Waals surface area contributed by atoms with Crippen LogP contribution >= 0.6 is 22.6 Å². The van der Waals surface area contributed by atoms with Crippen molar-refractivity contribution < 1.29 is 57.1 Å². The molecule has 40 heavy (non-hydrogen) atoms. The average Bonchev–Trinajstić information content (AvgIpc) is 3.13. The van der Waals surface area contributed by atoms with Crippen LogP contribution in [0, 0.1) is 15.9 Å². The van der Waals surface area contributed by atoms with Crippen LogP contribution in [0.1, 0.15) is 40.2 Å². The van der Waals surface area contributed by atoms with Crippen molar-refractivity contribution in [1.82, 2.24) is 0 Å². The monoisotopic (exact) mass is 674 g/mol. The zero-order chi connectivity index (χ0) is 30.1. The maximum absolute atomic E-state index is 13.3. The maximum Gasteiger partial charge on any atom is 0.350 e. The third-order valence-corrected chi connectivity index (χ3v) is 6.34. The van der Waals surface area contributed by atoms with Crippen LogP contribution < -0.4 is 0 Å². The lowest BCUT2D eigenvalue weighted by atomic mass is 9.91. The number of hydrogen-bond donors (Lipinski definition) is 0. The van der Waals surface area contributed by atoms with Gasteiger partial charge in [0, 0.05) is 30.8 Å². The number of carbonyl (C=O) groups is 5. The lowest BCUT2D eigenvalue weighted by molar-refractivity contribution is -0.206. The van der Waals surface area contributed by atoms with E-state index >= 15 is 0 Å². The number of carbonyl (C=O) groups excluding carboxylic acids is 5. The first-order valence-corrected chi connectivity index (χ1v) is 13.3. The molecule has 12 nitrogen and oxygen atoms in total. The van der Waals surface area contributed by atoms with E-state index in [4.69, 9.17) is 39.6 Å². The predicted molar refractivity (Wildman–Crippen MR) is 144 cm³/mol. The van der Waals surface area contributed by atoms with Crippen molar-refractivity contribution in [3.05, 3.63) is 33.4 Å². The van der Waals surface area contributed by atoms with E-state index in [2.05, 4.69) is 28.5 Å². The van der Waals surface area contributed by atoms with Crippen molar-refractivity contribution in [2.24, 2.45) is 0 Å². The molecule has 0 bridgehead atoms. The van der Waals surface area contributed by atoms with E-state index < -0.39 is 66.2 Å². The summed E-state index contributed by atoms with van der Waals surface area (Å²) in [6.45, 7) is 5.45. The van der Waals surface area contributed by atoms with Crippen LogP contribution in [0.2, 0.25) is 0 Å². The number of benzene rings is 1. The summed E-state index contributed by atoms with van der Waals surface area (Å²) in [6.07, 6.45) is 0.775. The first-order valence-electron chi connectivity index (χ1n) is 12.2. The number of halogens is 1. The molecular weight excluding hydrogens is 643 g/mol. The van der Waals surface area contributed by atoms with E-state index in [0.717, 1.165) is 24.3 Å². The standard InChI is InChI=1S/C27H31IO12/c1-7-26(40-18(6)31)21(39-23(38-17(5)30)22(26)37-16(4)29)15-36-27(24(32)34-8-2,25(33)35-9-3)14-19-10-12-20(28)13-11-19/h1,10-13,21-23H,8-9,14-15H2,2-6H3/t21-,22+,23+,26-/m1/s1. The predicted octanol–water partition coefficient (Wildman–Crippen LogP) is 1.87. The third-order valence-electron chi connectivity index (χ3n) is 5.62. The molecule has 2 rings (SSSR count). The summed E-state index contributed by atoms with van der Waals surface area (Å²) in [5.41, 5.74) is -3.97. The molecule has 1 aromatic carbocycles.